The Bertz CT molecular complexity index is 495. The third kappa shape index (κ3) is 2.43. The van der Waals surface area contributed by atoms with E-state index >= 15 is 0 Å². The molecule has 0 aromatic heterocycles. The van der Waals surface area contributed by atoms with Gasteiger partial charge in [0.1, 0.15) is 0 Å². The lowest BCUT2D eigenvalue weighted by molar-refractivity contribution is -0.122. The number of piperidine rings is 1. The van der Waals surface area contributed by atoms with Crippen molar-refractivity contribution in [3.05, 3.63) is 23.8 Å². The highest BCUT2D eigenvalue weighted by molar-refractivity contribution is 5.98. The van der Waals surface area contributed by atoms with Crippen molar-refractivity contribution in [2.24, 2.45) is 0 Å². The number of nitrogens with zero attached hydrogens (tertiary/aromatic N) is 1. The minimum absolute atomic E-state index is 0.00879. The third-order valence-electron chi connectivity index (χ3n) is 4.02. The summed E-state index contributed by atoms with van der Waals surface area (Å²) < 4.78 is 0. The van der Waals surface area contributed by atoms with Crippen LogP contribution in [-0.2, 0) is 11.2 Å². The molecule has 5 nitrogen and oxygen atoms in total. The first kappa shape index (κ1) is 12.4. The molecule has 0 bridgehead atoms. The number of aliphatic hydroxyl groups is 1. The molecule has 5 heteroatoms. The van der Waals surface area contributed by atoms with Gasteiger partial charge in [-0.25, -0.2) is 0 Å². The molecule has 1 amide bonds. The van der Waals surface area contributed by atoms with Gasteiger partial charge in [0.15, 0.2) is 0 Å². The molecule has 1 aromatic carbocycles. The Morgan fingerprint density at radius 2 is 2.05 bits per heavy atom. The van der Waals surface area contributed by atoms with Crippen LogP contribution < -0.4 is 11.1 Å². The van der Waals surface area contributed by atoms with Gasteiger partial charge >= 0.3 is 0 Å². The second-order valence-electron chi connectivity index (χ2n) is 5.35. The average Bonchev–Trinajstić information content (AvgIpc) is 2.39. The van der Waals surface area contributed by atoms with Crippen molar-refractivity contribution in [1.82, 2.24) is 10.6 Å². The van der Waals surface area contributed by atoms with E-state index in [1.807, 2.05) is 6.07 Å². The topological polar surface area (TPSA) is 76.4 Å². The maximum absolute atomic E-state index is 12.2. The van der Waals surface area contributed by atoms with Crippen molar-refractivity contribution in [3.8, 4) is 0 Å². The van der Waals surface area contributed by atoms with Gasteiger partial charge in [-0.1, -0.05) is 6.07 Å². The standard InChI is InChI=1S/C14H18N3O2/c15-10-2-1-9-7-13(14(19)16-12(9)8-10)17-5-3-11(18)4-6-17/h1-2,8,11,13,15,18H,3-7H2,(H,16,19). The number of carbonyl (C=O) groups excluding carboxylic acids is 1. The molecule has 1 atom stereocenters. The van der Waals surface area contributed by atoms with Gasteiger partial charge < -0.3 is 16.2 Å². The van der Waals surface area contributed by atoms with Crippen molar-refractivity contribution in [3.63, 3.8) is 0 Å². The molecule has 2 aliphatic rings. The van der Waals surface area contributed by atoms with Crippen LogP contribution in [0.15, 0.2) is 18.2 Å². The van der Waals surface area contributed by atoms with E-state index in [1.165, 1.54) is 0 Å². The zero-order valence-corrected chi connectivity index (χ0v) is 10.7. The van der Waals surface area contributed by atoms with Gasteiger partial charge in [0.2, 0.25) is 5.91 Å². The van der Waals surface area contributed by atoms with Crippen LogP contribution >= 0.6 is 0 Å². The number of hydrogen-bond acceptors (Lipinski definition) is 3. The van der Waals surface area contributed by atoms with Crippen molar-refractivity contribution >= 4 is 17.3 Å². The normalized spacial score (nSPS) is 24.9. The first-order valence-electron chi connectivity index (χ1n) is 6.71. The minimum atomic E-state index is -0.221. The van der Waals surface area contributed by atoms with Gasteiger partial charge in [0.05, 0.1) is 17.8 Å². The minimum Gasteiger partial charge on any atom is -0.393 e. The molecule has 3 N–H and O–H groups in total. The molecule has 1 saturated heterocycles. The van der Waals surface area contributed by atoms with E-state index in [2.05, 4.69) is 10.2 Å². The summed E-state index contributed by atoms with van der Waals surface area (Å²) in [4.78, 5) is 14.3. The summed E-state index contributed by atoms with van der Waals surface area (Å²) in [6, 6.07) is 5.23. The summed E-state index contributed by atoms with van der Waals surface area (Å²) in [7, 11) is 0. The molecular weight excluding hydrogens is 242 g/mol. The first-order valence-corrected chi connectivity index (χ1v) is 6.71. The maximum atomic E-state index is 12.2. The molecule has 0 spiro atoms. The van der Waals surface area contributed by atoms with Crippen molar-refractivity contribution in [2.75, 3.05) is 18.4 Å². The van der Waals surface area contributed by atoms with Crippen LogP contribution in [0.3, 0.4) is 0 Å². The van der Waals surface area contributed by atoms with Crippen molar-refractivity contribution in [1.29, 1.82) is 0 Å². The number of aliphatic hydroxyl groups excluding tert-OH is 1. The van der Waals surface area contributed by atoms with Crippen molar-refractivity contribution < 1.29 is 9.90 Å². The SMILES string of the molecule is [NH]c1ccc2c(c1)NC(=O)C(N1CCC(O)CC1)C2. The fraction of sp³-hybridized carbons (Fsp3) is 0.500. The summed E-state index contributed by atoms with van der Waals surface area (Å²) in [6.07, 6.45) is 1.95. The van der Waals surface area contributed by atoms with E-state index in [1.54, 1.807) is 12.1 Å². The van der Waals surface area contributed by atoms with E-state index in [4.69, 9.17) is 5.73 Å². The predicted octanol–water partition coefficient (Wildman–Crippen LogP) is 0.921. The number of amides is 1. The molecule has 101 valence electrons. The lowest BCUT2D eigenvalue weighted by Gasteiger charge is -2.37. The highest BCUT2D eigenvalue weighted by atomic mass is 16.3. The van der Waals surface area contributed by atoms with Gasteiger partial charge in [-0.2, -0.15) is 0 Å². The summed E-state index contributed by atoms with van der Waals surface area (Å²) in [5.74, 6) is 0.00879. The molecule has 3 rings (SSSR count). The van der Waals surface area contributed by atoms with Gasteiger partial charge in [-0.3, -0.25) is 9.69 Å². The van der Waals surface area contributed by atoms with Gasteiger partial charge in [0.25, 0.3) is 0 Å². The Labute approximate surface area is 112 Å². The Balaban J connectivity index is 1.78. The van der Waals surface area contributed by atoms with Gasteiger partial charge in [0, 0.05) is 18.8 Å². The predicted molar refractivity (Wildman–Crippen MR) is 72.1 cm³/mol. The molecule has 1 radical (unpaired) electrons. The molecule has 1 unspecified atom stereocenters. The van der Waals surface area contributed by atoms with Crippen LogP contribution in [-0.4, -0.2) is 41.1 Å². The zero-order valence-electron chi connectivity index (χ0n) is 10.7. The number of likely N-dealkylation sites (tertiary alicyclic amines) is 1. The number of anilines is 1. The molecule has 0 aliphatic carbocycles. The Kier molecular flexibility index (Phi) is 3.16. The summed E-state index contributed by atoms with van der Waals surface area (Å²) in [5.41, 5.74) is 9.85. The number of fused-ring (bicyclic) bond motifs is 1. The fourth-order valence-corrected chi connectivity index (χ4v) is 2.88. The zero-order chi connectivity index (χ0) is 13.4. The van der Waals surface area contributed by atoms with E-state index in [-0.39, 0.29) is 18.1 Å². The second-order valence-corrected chi connectivity index (χ2v) is 5.35. The van der Waals surface area contributed by atoms with Crippen LogP contribution in [0.1, 0.15) is 18.4 Å². The molecular formula is C14H18N3O2. The fourth-order valence-electron chi connectivity index (χ4n) is 2.88. The molecule has 19 heavy (non-hydrogen) atoms. The number of carbonyl (C=O) groups is 1. The van der Waals surface area contributed by atoms with Crippen LogP contribution in [0.25, 0.3) is 0 Å². The number of nitrogens with one attached hydrogen (secondary N) is 2. The Hall–Kier alpha value is -1.59. The number of benzene rings is 1. The molecule has 2 heterocycles. The lowest BCUT2D eigenvalue weighted by atomic mass is 9.95. The molecule has 1 fully saturated rings. The summed E-state index contributed by atoms with van der Waals surface area (Å²) in [6.45, 7) is 1.54. The highest BCUT2D eigenvalue weighted by Gasteiger charge is 2.33. The van der Waals surface area contributed by atoms with E-state index in [0.29, 0.717) is 12.1 Å². The molecule has 1 aromatic rings. The van der Waals surface area contributed by atoms with Gasteiger partial charge in [-0.05, 0) is 37.0 Å². The monoisotopic (exact) mass is 260 g/mol. The van der Waals surface area contributed by atoms with Crippen LogP contribution in [0.5, 0.6) is 0 Å². The van der Waals surface area contributed by atoms with E-state index < -0.39 is 0 Å². The average molecular weight is 260 g/mol. The van der Waals surface area contributed by atoms with Crippen LogP contribution in [0.2, 0.25) is 0 Å². The Morgan fingerprint density at radius 1 is 1.32 bits per heavy atom. The first-order chi connectivity index (χ1) is 9.13. The number of hydrogen-bond donors (Lipinski definition) is 2. The van der Waals surface area contributed by atoms with Gasteiger partial charge in [-0.15, -0.1) is 0 Å². The largest absolute Gasteiger partial charge is 0.393 e. The highest BCUT2D eigenvalue weighted by Crippen LogP contribution is 2.28. The van der Waals surface area contributed by atoms with Crippen molar-refractivity contribution in [2.45, 2.75) is 31.4 Å². The lowest BCUT2D eigenvalue weighted by Crippen LogP contribution is -2.51. The number of rotatable bonds is 1. The van der Waals surface area contributed by atoms with E-state index in [9.17, 15) is 9.90 Å². The third-order valence-corrected chi connectivity index (χ3v) is 4.02. The smallest absolute Gasteiger partial charge is 0.242 e. The molecule has 0 saturated carbocycles. The molecule has 2 aliphatic heterocycles. The second kappa shape index (κ2) is 4.83. The maximum Gasteiger partial charge on any atom is 0.242 e. The quantitative estimate of drug-likeness (QED) is 0.788. The Morgan fingerprint density at radius 3 is 2.79 bits per heavy atom. The summed E-state index contributed by atoms with van der Waals surface area (Å²) >= 11 is 0. The van der Waals surface area contributed by atoms with E-state index in [0.717, 1.165) is 37.2 Å². The van der Waals surface area contributed by atoms with Crippen LogP contribution in [0.4, 0.5) is 11.4 Å². The summed E-state index contributed by atoms with van der Waals surface area (Å²) in [5, 5.41) is 12.4. The van der Waals surface area contributed by atoms with Crippen LogP contribution in [0, 0.1) is 0 Å².